The number of nitrogens with one attached hydrogen (secondary N) is 1. The van der Waals surface area contributed by atoms with E-state index in [1.165, 1.54) is 25.3 Å². The molecule has 1 aromatic carbocycles. The van der Waals surface area contributed by atoms with Crippen LogP contribution in [0.15, 0.2) is 29.2 Å². The van der Waals surface area contributed by atoms with E-state index in [-0.39, 0.29) is 16.6 Å². The first-order valence-corrected chi connectivity index (χ1v) is 7.63. The van der Waals surface area contributed by atoms with E-state index in [1.807, 2.05) is 13.8 Å². The van der Waals surface area contributed by atoms with Gasteiger partial charge in [-0.05, 0) is 30.5 Å². The fourth-order valence-corrected chi connectivity index (χ4v) is 2.95. The minimum absolute atomic E-state index is 0.102. The summed E-state index contributed by atoms with van der Waals surface area (Å²) in [5.41, 5.74) is 0. The second kappa shape index (κ2) is 6.71. The first-order chi connectivity index (χ1) is 9.26. The number of benzene rings is 1. The highest BCUT2D eigenvalue weighted by atomic mass is 32.2. The second-order valence-corrected chi connectivity index (χ2v) is 6.54. The summed E-state index contributed by atoms with van der Waals surface area (Å²) in [5.74, 6) is -0.681. The number of methoxy groups -OCH3 is 1. The number of sulfonamides is 1. The number of carbonyl (C=O) groups excluding carboxylic acids is 1. The molecule has 6 nitrogen and oxygen atoms in total. The molecule has 0 spiro atoms. The molecular weight excluding hydrogens is 282 g/mol. The largest absolute Gasteiger partial charge is 0.508 e. The maximum atomic E-state index is 12.2. The van der Waals surface area contributed by atoms with E-state index in [1.54, 1.807) is 0 Å². The fourth-order valence-electron chi connectivity index (χ4n) is 1.71. The van der Waals surface area contributed by atoms with Gasteiger partial charge in [-0.1, -0.05) is 19.9 Å². The van der Waals surface area contributed by atoms with E-state index < -0.39 is 22.0 Å². The summed E-state index contributed by atoms with van der Waals surface area (Å²) < 4.78 is 31.2. The summed E-state index contributed by atoms with van der Waals surface area (Å²) in [7, 11) is -2.69. The van der Waals surface area contributed by atoms with Crippen molar-refractivity contribution in [3.63, 3.8) is 0 Å². The van der Waals surface area contributed by atoms with E-state index >= 15 is 0 Å². The quantitative estimate of drug-likeness (QED) is 0.772. The molecule has 1 atom stereocenters. The topological polar surface area (TPSA) is 92.7 Å². The van der Waals surface area contributed by atoms with Crippen molar-refractivity contribution < 1.29 is 23.1 Å². The maximum Gasteiger partial charge on any atom is 0.323 e. The molecule has 112 valence electrons. The lowest BCUT2D eigenvalue weighted by atomic mass is 10.1. The molecule has 20 heavy (non-hydrogen) atoms. The number of phenolic OH excluding ortho intramolecular Hbond substituents is 1. The zero-order chi connectivity index (χ0) is 15.3. The third-order valence-electron chi connectivity index (χ3n) is 2.62. The van der Waals surface area contributed by atoms with Gasteiger partial charge in [0.2, 0.25) is 10.0 Å². The number of carbonyl (C=O) groups is 1. The molecule has 1 rings (SSSR count). The van der Waals surface area contributed by atoms with Crippen molar-refractivity contribution in [1.82, 2.24) is 4.72 Å². The Labute approximate surface area is 118 Å². The molecule has 1 unspecified atom stereocenters. The lowest BCUT2D eigenvalue weighted by Gasteiger charge is -2.18. The zero-order valence-corrected chi connectivity index (χ0v) is 12.5. The van der Waals surface area contributed by atoms with E-state index in [4.69, 9.17) is 0 Å². The molecule has 2 N–H and O–H groups in total. The number of hydrogen-bond donors (Lipinski definition) is 2. The molecule has 0 aliphatic rings. The lowest BCUT2D eigenvalue weighted by molar-refractivity contribution is -0.143. The van der Waals surface area contributed by atoms with Crippen molar-refractivity contribution in [2.75, 3.05) is 7.11 Å². The van der Waals surface area contributed by atoms with E-state index in [2.05, 4.69) is 9.46 Å². The van der Waals surface area contributed by atoms with Gasteiger partial charge in [0.25, 0.3) is 0 Å². The van der Waals surface area contributed by atoms with E-state index in [0.29, 0.717) is 6.42 Å². The van der Waals surface area contributed by atoms with Crippen LogP contribution >= 0.6 is 0 Å². The Kier molecular flexibility index (Phi) is 5.52. The SMILES string of the molecule is COC(=O)C(CC(C)C)NS(=O)(=O)c1cccc(O)c1. The van der Waals surface area contributed by atoms with E-state index in [0.717, 1.165) is 6.07 Å². The Morgan fingerprint density at radius 2 is 2.05 bits per heavy atom. The Hall–Kier alpha value is -1.60. The Morgan fingerprint density at radius 3 is 2.55 bits per heavy atom. The monoisotopic (exact) mass is 301 g/mol. The molecule has 0 saturated carbocycles. The highest BCUT2D eigenvalue weighted by molar-refractivity contribution is 7.89. The van der Waals surface area contributed by atoms with Gasteiger partial charge in [-0.15, -0.1) is 0 Å². The summed E-state index contributed by atoms with van der Waals surface area (Å²) in [6.45, 7) is 3.75. The average molecular weight is 301 g/mol. The highest BCUT2D eigenvalue weighted by Crippen LogP contribution is 2.17. The van der Waals surface area contributed by atoms with Gasteiger partial charge in [-0.3, -0.25) is 4.79 Å². The molecule has 7 heteroatoms. The van der Waals surface area contributed by atoms with Gasteiger partial charge < -0.3 is 9.84 Å². The number of phenols is 1. The van der Waals surface area contributed by atoms with Crippen LogP contribution in [0.25, 0.3) is 0 Å². The molecule has 0 aromatic heterocycles. The Balaban J connectivity index is 2.99. The van der Waals surface area contributed by atoms with Gasteiger partial charge in [0.05, 0.1) is 12.0 Å². The first-order valence-electron chi connectivity index (χ1n) is 6.15. The van der Waals surface area contributed by atoms with Gasteiger partial charge >= 0.3 is 5.97 Å². The van der Waals surface area contributed by atoms with E-state index in [9.17, 15) is 18.3 Å². The molecule has 0 fully saturated rings. The summed E-state index contributed by atoms with van der Waals surface area (Å²) in [4.78, 5) is 11.5. The van der Waals surface area contributed by atoms with Crippen LogP contribution in [0, 0.1) is 5.92 Å². The van der Waals surface area contributed by atoms with Gasteiger partial charge in [0, 0.05) is 0 Å². The smallest absolute Gasteiger partial charge is 0.323 e. The van der Waals surface area contributed by atoms with Crippen molar-refractivity contribution >= 4 is 16.0 Å². The van der Waals surface area contributed by atoms with Gasteiger partial charge in [-0.25, -0.2) is 8.42 Å². The summed E-state index contributed by atoms with van der Waals surface area (Å²) >= 11 is 0. The molecule has 0 saturated heterocycles. The number of rotatable bonds is 6. The van der Waals surface area contributed by atoms with Crippen molar-refractivity contribution in [3.05, 3.63) is 24.3 Å². The van der Waals surface area contributed by atoms with Crippen LogP contribution in [0.2, 0.25) is 0 Å². The Bertz CT molecular complexity index is 568. The molecule has 0 aliphatic heterocycles. The molecule has 0 amide bonds. The predicted molar refractivity (Wildman–Crippen MR) is 73.7 cm³/mol. The normalized spacial score (nSPS) is 13.2. The number of esters is 1. The van der Waals surface area contributed by atoms with Crippen LogP contribution in [-0.2, 0) is 19.6 Å². The van der Waals surface area contributed by atoms with Crippen molar-refractivity contribution in [2.45, 2.75) is 31.2 Å². The van der Waals surface area contributed by atoms with Gasteiger partial charge in [0.15, 0.2) is 0 Å². The van der Waals surface area contributed by atoms with Crippen molar-refractivity contribution in [3.8, 4) is 5.75 Å². The summed E-state index contributed by atoms with van der Waals surface area (Å²) in [5, 5.41) is 9.33. The summed E-state index contributed by atoms with van der Waals surface area (Å²) in [6.07, 6.45) is 0.324. The van der Waals surface area contributed by atoms with Crippen molar-refractivity contribution in [1.29, 1.82) is 0 Å². The minimum atomic E-state index is -3.89. The van der Waals surface area contributed by atoms with Crippen LogP contribution in [-0.4, -0.2) is 32.6 Å². The minimum Gasteiger partial charge on any atom is -0.508 e. The van der Waals surface area contributed by atoms with Crippen LogP contribution in [0.1, 0.15) is 20.3 Å². The number of aromatic hydroxyl groups is 1. The predicted octanol–water partition coefficient (Wildman–Crippen LogP) is 1.26. The molecular formula is C13H19NO5S. The number of hydrogen-bond acceptors (Lipinski definition) is 5. The molecule has 0 heterocycles. The second-order valence-electron chi connectivity index (χ2n) is 4.82. The first kappa shape index (κ1) is 16.5. The summed E-state index contributed by atoms with van der Waals surface area (Å²) in [6, 6.07) is 4.29. The van der Waals surface area contributed by atoms with Crippen LogP contribution in [0.3, 0.4) is 0 Å². The van der Waals surface area contributed by atoms with Crippen molar-refractivity contribution in [2.24, 2.45) is 5.92 Å². The van der Waals surface area contributed by atoms with Crippen LogP contribution in [0.5, 0.6) is 5.75 Å². The maximum absolute atomic E-state index is 12.2. The zero-order valence-electron chi connectivity index (χ0n) is 11.7. The van der Waals surface area contributed by atoms with Gasteiger partial charge in [0.1, 0.15) is 11.8 Å². The molecule has 0 aliphatic carbocycles. The third kappa shape index (κ3) is 4.50. The molecule has 0 bridgehead atoms. The van der Waals surface area contributed by atoms with Crippen LogP contribution < -0.4 is 4.72 Å². The molecule has 1 aromatic rings. The van der Waals surface area contributed by atoms with Crippen LogP contribution in [0.4, 0.5) is 0 Å². The fraction of sp³-hybridized carbons (Fsp3) is 0.462. The average Bonchev–Trinajstić information content (AvgIpc) is 2.36. The number of ether oxygens (including phenoxy) is 1. The highest BCUT2D eigenvalue weighted by Gasteiger charge is 2.27. The molecule has 0 radical (unpaired) electrons. The third-order valence-corrected chi connectivity index (χ3v) is 4.09. The standard InChI is InChI=1S/C13H19NO5S/c1-9(2)7-12(13(16)19-3)14-20(17,18)11-6-4-5-10(15)8-11/h4-6,8-9,12,14-15H,7H2,1-3H3. The lowest BCUT2D eigenvalue weighted by Crippen LogP contribution is -2.42. The Morgan fingerprint density at radius 1 is 1.40 bits per heavy atom. The van der Waals surface area contributed by atoms with Gasteiger partial charge in [-0.2, -0.15) is 4.72 Å².